The van der Waals surface area contributed by atoms with Crippen molar-refractivity contribution in [1.82, 2.24) is 9.80 Å². The largest absolute Gasteiger partial charge is 0.495 e. The zero-order valence-corrected chi connectivity index (χ0v) is 14.2. The van der Waals surface area contributed by atoms with Gasteiger partial charge in [-0.3, -0.25) is 9.59 Å². The Morgan fingerprint density at radius 2 is 1.42 bits per heavy atom. The quantitative estimate of drug-likeness (QED) is 0.768. The minimum absolute atomic E-state index is 0.333. The first kappa shape index (κ1) is 16.6. The molecule has 6 nitrogen and oxygen atoms in total. The van der Waals surface area contributed by atoms with E-state index in [0.29, 0.717) is 39.3 Å². The van der Waals surface area contributed by atoms with Crippen LogP contribution in [0.1, 0.15) is 19.3 Å². The van der Waals surface area contributed by atoms with Gasteiger partial charge in [-0.1, -0.05) is 12.1 Å². The average Bonchev–Trinajstić information content (AvgIpc) is 2.67. The Labute approximate surface area is 143 Å². The van der Waals surface area contributed by atoms with Crippen molar-refractivity contribution in [2.45, 2.75) is 19.3 Å². The number of methoxy groups -OCH3 is 1. The molecule has 130 valence electrons. The maximum atomic E-state index is 12.5. The highest BCUT2D eigenvalue weighted by atomic mass is 16.5. The molecule has 0 radical (unpaired) electrons. The van der Waals surface area contributed by atoms with Crippen LogP contribution in [0, 0.1) is 0 Å². The summed E-state index contributed by atoms with van der Waals surface area (Å²) in [5, 5.41) is 0. The van der Waals surface area contributed by atoms with Crippen molar-refractivity contribution in [2.75, 3.05) is 51.3 Å². The molecule has 0 bridgehead atoms. The molecule has 1 aromatic carbocycles. The molecule has 0 aromatic heterocycles. The summed E-state index contributed by atoms with van der Waals surface area (Å²) in [7, 11) is 1.66. The molecule has 2 saturated heterocycles. The molecule has 0 N–H and O–H groups in total. The molecular formula is C18H25N3O3. The summed E-state index contributed by atoms with van der Waals surface area (Å²) < 4.78 is 5.41. The number of hydrogen-bond acceptors (Lipinski definition) is 4. The number of ether oxygens (including phenoxy) is 1. The lowest BCUT2D eigenvalue weighted by atomic mass is 10.1. The fourth-order valence-corrected chi connectivity index (χ4v) is 3.41. The molecule has 0 spiro atoms. The van der Waals surface area contributed by atoms with Gasteiger partial charge >= 0.3 is 11.8 Å². The summed E-state index contributed by atoms with van der Waals surface area (Å²) in [6, 6.07) is 7.89. The third-order valence-corrected chi connectivity index (χ3v) is 4.82. The van der Waals surface area contributed by atoms with Gasteiger partial charge in [-0.05, 0) is 31.4 Å². The predicted molar refractivity (Wildman–Crippen MR) is 92.2 cm³/mol. The van der Waals surface area contributed by atoms with Gasteiger partial charge in [0.05, 0.1) is 12.8 Å². The molecule has 6 heteroatoms. The summed E-state index contributed by atoms with van der Waals surface area (Å²) in [6.45, 7) is 3.98. The number of para-hydroxylation sites is 2. The molecule has 24 heavy (non-hydrogen) atoms. The third kappa shape index (κ3) is 3.47. The Kier molecular flexibility index (Phi) is 5.23. The number of rotatable bonds is 2. The number of hydrogen-bond donors (Lipinski definition) is 0. The van der Waals surface area contributed by atoms with Gasteiger partial charge in [0.25, 0.3) is 0 Å². The molecule has 0 unspecified atom stereocenters. The first-order chi connectivity index (χ1) is 11.7. The maximum Gasteiger partial charge on any atom is 0.312 e. The lowest BCUT2D eigenvalue weighted by molar-refractivity contribution is -0.152. The average molecular weight is 331 g/mol. The van der Waals surface area contributed by atoms with E-state index in [-0.39, 0.29) is 11.8 Å². The zero-order valence-electron chi connectivity index (χ0n) is 14.2. The number of benzene rings is 1. The van der Waals surface area contributed by atoms with Crippen molar-refractivity contribution in [3.63, 3.8) is 0 Å². The van der Waals surface area contributed by atoms with Crippen molar-refractivity contribution in [1.29, 1.82) is 0 Å². The number of anilines is 1. The number of piperidine rings is 1. The van der Waals surface area contributed by atoms with Crippen LogP contribution in [-0.2, 0) is 9.59 Å². The summed E-state index contributed by atoms with van der Waals surface area (Å²) >= 11 is 0. The van der Waals surface area contributed by atoms with Crippen LogP contribution in [0.15, 0.2) is 24.3 Å². The van der Waals surface area contributed by atoms with E-state index >= 15 is 0 Å². The predicted octanol–water partition coefficient (Wildman–Crippen LogP) is 1.36. The Hall–Kier alpha value is -2.24. The third-order valence-electron chi connectivity index (χ3n) is 4.82. The molecule has 2 fully saturated rings. The SMILES string of the molecule is COc1ccccc1N1CCN(C(=O)C(=O)N2CCCCC2)CC1. The van der Waals surface area contributed by atoms with Crippen LogP contribution in [0.2, 0.25) is 0 Å². The van der Waals surface area contributed by atoms with E-state index in [1.54, 1.807) is 16.9 Å². The highest BCUT2D eigenvalue weighted by Crippen LogP contribution is 2.28. The van der Waals surface area contributed by atoms with Gasteiger partial charge in [0, 0.05) is 39.3 Å². The number of piperazine rings is 1. The van der Waals surface area contributed by atoms with Gasteiger partial charge in [0.2, 0.25) is 0 Å². The number of carbonyl (C=O) groups excluding carboxylic acids is 2. The first-order valence-corrected chi connectivity index (χ1v) is 8.67. The Balaban J connectivity index is 1.58. The minimum Gasteiger partial charge on any atom is -0.495 e. The Morgan fingerprint density at radius 3 is 2.04 bits per heavy atom. The fraction of sp³-hybridized carbons (Fsp3) is 0.556. The summed E-state index contributed by atoms with van der Waals surface area (Å²) in [5.41, 5.74) is 1.04. The van der Waals surface area contributed by atoms with Crippen LogP contribution in [0.4, 0.5) is 5.69 Å². The van der Waals surface area contributed by atoms with Crippen LogP contribution in [-0.4, -0.2) is 68.0 Å². The molecule has 2 heterocycles. The second-order valence-corrected chi connectivity index (χ2v) is 6.30. The zero-order chi connectivity index (χ0) is 16.9. The molecule has 2 aliphatic heterocycles. The Morgan fingerprint density at radius 1 is 0.833 bits per heavy atom. The van der Waals surface area contributed by atoms with Crippen molar-refractivity contribution < 1.29 is 14.3 Å². The second-order valence-electron chi connectivity index (χ2n) is 6.30. The van der Waals surface area contributed by atoms with Crippen molar-refractivity contribution in [3.8, 4) is 5.75 Å². The maximum absolute atomic E-state index is 12.5. The van der Waals surface area contributed by atoms with Crippen molar-refractivity contribution in [3.05, 3.63) is 24.3 Å². The molecule has 2 amide bonds. The van der Waals surface area contributed by atoms with Crippen molar-refractivity contribution >= 4 is 17.5 Å². The first-order valence-electron chi connectivity index (χ1n) is 8.67. The van der Waals surface area contributed by atoms with Gasteiger partial charge in [-0.15, -0.1) is 0 Å². The molecule has 0 atom stereocenters. The number of amides is 2. The van der Waals surface area contributed by atoms with Gasteiger partial charge in [-0.25, -0.2) is 0 Å². The van der Waals surface area contributed by atoms with Crippen LogP contribution < -0.4 is 9.64 Å². The van der Waals surface area contributed by atoms with Crippen LogP contribution in [0.3, 0.4) is 0 Å². The van der Waals surface area contributed by atoms with E-state index in [1.807, 2.05) is 24.3 Å². The monoisotopic (exact) mass is 331 g/mol. The van der Waals surface area contributed by atoms with E-state index in [1.165, 1.54) is 0 Å². The van der Waals surface area contributed by atoms with Crippen LogP contribution in [0.25, 0.3) is 0 Å². The summed E-state index contributed by atoms with van der Waals surface area (Å²) in [5.74, 6) is 0.152. The van der Waals surface area contributed by atoms with Crippen LogP contribution >= 0.6 is 0 Å². The number of nitrogens with zero attached hydrogens (tertiary/aromatic N) is 3. The summed E-state index contributed by atoms with van der Waals surface area (Å²) in [4.78, 5) is 30.4. The van der Waals surface area contributed by atoms with Crippen molar-refractivity contribution in [2.24, 2.45) is 0 Å². The standard InChI is InChI=1S/C18H25N3O3/c1-24-16-8-4-3-7-15(16)19-11-13-21(14-12-19)18(23)17(22)20-9-5-2-6-10-20/h3-4,7-8H,2,5-6,9-14H2,1H3. The molecule has 3 rings (SSSR count). The van der Waals surface area contributed by atoms with Gasteiger partial charge < -0.3 is 19.4 Å². The highest BCUT2D eigenvalue weighted by Gasteiger charge is 2.30. The van der Waals surface area contributed by atoms with E-state index in [9.17, 15) is 9.59 Å². The van der Waals surface area contributed by atoms with E-state index in [0.717, 1.165) is 30.7 Å². The second kappa shape index (κ2) is 7.55. The summed E-state index contributed by atoms with van der Waals surface area (Å²) in [6.07, 6.45) is 3.15. The molecule has 2 aliphatic rings. The van der Waals surface area contributed by atoms with E-state index in [4.69, 9.17) is 4.74 Å². The van der Waals surface area contributed by atoms with E-state index in [2.05, 4.69) is 4.90 Å². The van der Waals surface area contributed by atoms with Crippen LogP contribution in [0.5, 0.6) is 5.75 Å². The normalized spacial score (nSPS) is 18.5. The van der Waals surface area contributed by atoms with E-state index < -0.39 is 0 Å². The molecular weight excluding hydrogens is 306 g/mol. The minimum atomic E-state index is -0.350. The highest BCUT2D eigenvalue weighted by molar-refractivity contribution is 6.34. The number of carbonyl (C=O) groups is 2. The smallest absolute Gasteiger partial charge is 0.312 e. The fourth-order valence-electron chi connectivity index (χ4n) is 3.41. The lowest BCUT2D eigenvalue weighted by Gasteiger charge is -2.37. The Bertz CT molecular complexity index is 591. The molecule has 0 saturated carbocycles. The van der Waals surface area contributed by atoms with Gasteiger partial charge in [0.15, 0.2) is 0 Å². The molecule has 0 aliphatic carbocycles. The number of likely N-dealkylation sites (tertiary alicyclic amines) is 1. The van der Waals surface area contributed by atoms with Gasteiger partial charge in [-0.2, -0.15) is 0 Å². The lowest BCUT2D eigenvalue weighted by Crippen LogP contribution is -2.54. The molecule has 1 aromatic rings. The van der Waals surface area contributed by atoms with Gasteiger partial charge in [0.1, 0.15) is 5.75 Å². The topological polar surface area (TPSA) is 53.1 Å².